The van der Waals surface area contributed by atoms with E-state index in [1.165, 1.54) is 19.2 Å². The molecule has 0 unspecified atom stereocenters. The number of benzene rings is 2. The van der Waals surface area contributed by atoms with Gasteiger partial charge in [-0.25, -0.2) is 9.07 Å². The number of rotatable bonds is 9. The molecule has 160 valence electrons. The van der Waals surface area contributed by atoms with Crippen molar-refractivity contribution in [3.63, 3.8) is 0 Å². The van der Waals surface area contributed by atoms with Crippen LogP contribution in [0.1, 0.15) is 30.3 Å². The molecule has 2 aromatic carbocycles. The molecule has 0 radical (unpaired) electrons. The maximum atomic E-state index is 14.0. The SMILES string of the molecule is CCCc1n[nH]c(=S)n1NCc1cc(Cl)c(OCc2c(F)cccc2Cl)c(OC)c1. The molecule has 0 amide bonds. The van der Waals surface area contributed by atoms with E-state index >= 15 is 0 Å². The number of nitrogens with zero attached hydrogens (tertiary/aromatic N) is 2. The summed E-state index contributed by atoms with van der Waals surface area (Å²) in [6.07, 6.45) is 1.73. The average Bonchev–Trinajstić information content (AvgIpc) is 3.06. The van der Waals surface area contributed by atoms with E-state index in [1.807, 2.05) is 0 Å². The predicted octanol–water partition coefficient (Wildman–Crippen LogP) is 5.67. The lowest BCUT2D eigenvalue weighted by Gasteiger charge is -2.16. The summed E-state index contributed by atoms with van der Waals surface area (Å²) in [5.41, 5.74) is 4.33. The van der Waals surface area contributed by atoms with Crippen LogP contribution in [0.2, 0.25) is 10.0 Å². The van der Waals surface area contributed by atoms with Crippen LogP contribution in [-0.4, -0.2) is 22.0 Å². The fourth-order valence-electron chi connectivity index (χ4n) is 2.88. The van der Waals surface area contributed by atoms with E-state index in [0.717, 1.165) is 24.2 Å². The number of hydrogen-bond acceptors (Lipinski definition) is 5. The summed E-state index contributed by atoms with van der Waals surface area (Å²) >= 11 is 17.8. The van der Waals surface area contributed by atoms with Crippen molar-refractivity contribution in [1.29, 1.82) is 0 Å². The Morgan fingerprint density at radius 3 is 2.77 bits per heavy atom. The third kappa shape index (κ3) is 5.06. The highest BCUT2D eigenvalue weighted by Gasteiger charge is 2.15. The van der Waals surface area contributed by atoms with E-state index in [0.29, 0.717) is 27.8 Å². The molecule has 0 saturated carbocycles. The smallest absolute Gasteiger partial charge is 0.214 e. The molecule has 0 spiro atoms. The molecule has 1 aromatic heterocycles. The Bertz CT molecular complexity index is 1070. The van der Waals surface area contributed by atoms with Gasteiger partial charge in [-0.05, 0) is 48.5 Å². The second-order valence-corrected chi connectivity index (χ2v) is 7.66. The molecule has 1 heterocycles. The van der Waals surface area contributed by atoms with Crippen molar-refractivity contribution in [2.75, 3.05) is 12.5 Å². The highest BCUT2D eigenvalue weighted by Crippen LogP contribution is 2.37. The highest BCUT2D eigenvalue weighted by atomic mass is 35.5. The summed E-state index contributed by atoms with van der Waals surface area (Å²) < 4.78 is 27.4. The monoisotopic (exact) mass is 470 g/mol. The topological polar surface area (TPSA) is 64.1 Å². The average molecular weight is 471 g/mol. The molecule has 30 heavy (non-hydrogen) atoms. The Balaban J connectivity index is 1.77. The van der Waals surface area contributed by atoms with Crippen molar-refractivity contribution < 1.29 is 13.9 Å². The zero-order valence-electron chi connectivity index (χ0n) is 16.5. The summed E-state index contributed by atoms with van der Waals surface area (Å²) in [6, 6.07) is 8.00. The number of methoxy groups -OCH3 is 1. The minimum Gasteiger partial charge on any atom is -0.493 e. The van der Waals surface area contributed by atoms with Crippen LogP contribution in [0.25, 0.3) is 0 Å². The van der Waals surface area contributed by atoms with Gasteiger partial charge >= 0.3 is 0 Å². The molecule has 0 aliphatic rings. The first kappa shape index (κ1) is 22.4. The number of H-pyrrole nitrogens is 1. The molecule has 0 bridgehead atoms. The van der Waals surface area contributed by atoms with Gasteiger partial charge in [-0.2, -0.15) is 5.10 Å². The lowest BCUT2D eigenvalue weighted by atomic mass is 10.2. The van der Waals surface area contributed by atoms with Gasteiger partial charge in [0, 0.05) is 12.0 Å². The third-order valence-corrected chi connectivity index (χ3v) is 5.28. The Hall–Kier alpha value is -2.29. The van der Waals surface area contributed by atoms with Gasteiger partial charge in [0.15, 0.2) is 17.3 Å². The molecule has 3 rings (SSSR count). The van der Waals surface area contributed by atoms with Gasteiger partial charge in [-0.3, -0.25) is 5.10 Å². The molecular weight excluding hydrogens is 450 g/mol. The van der Waals surface area contributed by atoms with E-state index in [-0.39, 0.29) is 17.2 Å². The van der Waals surface area contributed by atoms with Crippen molar-refractivity contribution >= 4 is 35.4 Å². The maximum absolute atomic E-state index is 14.0. The molecule has 3 aromatic rings. The molecule has 0 aliphatic heterocycles. The fourth-order valence-corrected chi connectivity index (χ4v) is 3.61. The van der Waals surface area contributed by atoms with Crippen LogP contribution >= 0.6 is 35.4 Å². The van der Waals surface area contributed by atoms with Crippen LogP contribution in [0.15, 0.2) is 30.3 Å². The Kier molecular flexibility index (Phi) is 7.58. The van der Waals surface area contributed by atoms with Gasteiger partial charge < -0.3 is 14.9 Å². The van der Waals surface area contributed by atoms with E-state index in [9.17, 15) is 4.39 Å². The Labute approximate surface area is 188 Å². The van der Waals surface area contributed by atoms with Gasteiger partial charge in [0.1, 0.15) is 12.4 Å². The van der Waals surface area contributed by atoms with Crippen molar-refractivity contribution in [3.8, 4) is 11.5 Å². The van der Waals surface area contributed by atoms with Crippen LogP contribution in [0, 0.1) is 10.6 Å². The summed E-state index contributed by atoms with van der Waals surface area (Å²) in [5, 5.41) is 7.62. The molecule has 0 saturated heterocycles. The molecule has 10 heteroatoms. The summed E-state index contributed by atoms with van der Waals surface area (Å²) in [6.45, 7) is 2.42. The molecule has 2 N–H and O–H groups in total. The zero-order valence-corrected chi connectivity index (χ0v) is 18.8. The van der Waals surface area contributed by atoms with Crippen molar-refractivity contribution in [2.24, 2.45) is 0 Å². The third-order valence-electron chi connectivity index (χ3n) is 4.37. The number of nitrogens with one attached hydrogen (secondary N) is 2. The number of aromatic amines is 1. The van der Waals surface area contributed by atoms with Crippen molar-refractivity contribution in [1.82, 2.24) is 14.9 Å². The maximum Gasteiger partial charge on any atom is 0.214 e. The highest BCUT2D eigenvalue weighted by molar-refractivity contribution is 7.71. The number of aromatic nitrogens is 3. The first-order valence-corrected chi connectivity index (χ1v) is 10.4. The van der Waals surface area contributed by atoms with Crippen LogP contribution in [-0.2, 0) is 19.6 Å². The molecule has 0 atom stereocenters. The van der Waals surface area contributed by atoms with Gasteiger partial charge in [0.2, 0.25) is 4.77 Å². The van der Waals surface area contributed by atoms with Crippen LogP contribution < -0.4 is 14.9 Å². The second-order valence-electron chi connectivity index (χ2n) is 6.46. The van der Waals surface area contributed by atoms with E-state index in [1.54, 1.807) is 22.9 Å². The summed E-state index contributed by atoms with van der Waals surface area (Å²) in [4.78, 5) is 0. The first-order valence-electron chi connectivity index (χ1n) is 9.26. The molecule has 6 nitrogen and oxygen atoms in total. The fraction of sp³-hybridized carbons (Fsp3) is 0.300. The van der Waals surface area contributed by atoms with Gasteiger partial charge in [0.25, 0.3) is 0 Å². The molecule has 0 aliphatic carbocycles. The Morgan fingerprint density at radius 1 is 1.27 bits per heavy atom. The minimum absolute atomic E-state index is 0.0796. The number of ether oxygens (including phenoxy) is 2. The van der Waals surface area contributed by atoms with Gasteiger partial charge in [-0.15, -0.1) is 0 Å². The van der Waals surface area contributed by atoms with Crippen LogP contribution in [0.4, 0.5) is 4.39 Å². The van der Waals surface area contributed by atoms with Crippen LogP contribution in [0.5, 0.6) is 11.5 Å². The predicted molar refractivity (Wildman–Crippen MR) is 118 cm³/mol. The molecular formula is C20H21Cl2FN4O2S. The lowest BCUT2D eigenvalue weighted by Crippen LogP contribution is -2.17. The zero-order chi connectivity index (χ0) is 21.7. The van der Waals surface area contributed by atoms with Crippen LogP contribution in [0.3, 0.4) is 0 Å². The second kappa shape index (κ2) is 10.1. The van der Waals surface area contributed by atoms with Crippen molar-refractivity contribution in [3.05, 3.63) is 67.9 Å². The minimum atomic E-state index is -0.446. The normalized spacial score (nSPS) is 10.8. The Morgan fingerprint density at radius 2 is 2.07 bits per heavy atom. The lowest BCUT2D eigenvalue weighted by molar-refractivity contribution is 0.280. The van der Waals surface area contributed by atoms with E-state index in [4.69, 9.17) is 44.9 Å². The number of hydrogen-bond donors (Lipinski definition) is 2. The first-order chi connectivity index (χ1) is 14.4. The quantitative estimate of drug-likeness (QED) is 0.394. The van der Waals surface area contributed by atoms with E-state index in [2.05, 4.69) is 22.5 Å². The number of halogens is 3. The summed E-state index contributed by atoms with van der Waals surface area (Å²) in [7, 11) is 1.51. The van der Waals surface area contributed by atoms with Gasteiger partial charge in [-0.1, -0.05) is 36.2 Å². The largest absolute Gasteiger partial charge is 0.493 e. The van der Waals surface area contributed by atoms with E-state index < -0.39 is 5.82 Å². The standard InChI is InChI=1S/C20H21Cl2FN4O2S/c1-3-5-18-25-26-20(30)27(18)24-10-12-8-15(22)19(17(9-12)28-2)29-11-13-14(21)6-4-7-16(13)23/h4,6-9,24H,3,5,10-11H2,1-2H3,(H,26,30). The van der Waals surface area contributed by atoms with Gasteiger partial charge in [0.05, 0.1) is 23.7 Å². The summed E-state index contributed by atoms with van der Waals surface area (Å²) in [5.74, 6) is 1.12. The number of aryl methyl sites for hydroxylation is 1. The van der Waals surface area contributed by atoms with Crippen molar-refractivity contribution in [2.45, 2.75) is 32.9 Å². The molecule has 0 fully saturated rings.